The van der Waals surface area contributed by atoms with Crippen molar-refractivity contribution in [1.29, 1.82) is 0 Å². The zero-order chi connectivity index (χ0) is 24.7. The van der Waals surface area contributed by atoms with Crippen LogP contribution >= 0.6 is 0 Å². The van der Waals surface area contributed by atoms with Crippen molar-refractivity contribution in [2.24, 2.45) is 0 Å². The Morgan fingerprint density at radius 1 is 0.886 bits per heavy atom. The molecule has 5 heteroatoms. The predicted molar refractivity (Wildman–Crippen MR) is 144 cm³/mol. The highest BCUT2D eigenvalue weighted by Gasteiger charge is 2.50. The minimum atomic E-state index is -2.54. The summed E-state index contributed by atoms with van der Waals surface area (Å²) in [7, 11) is -0.855. The molecule has 0 unspecified atom stereocenters. The second kappa shape index (κ2) is 11.5. The molecule has 0 spiro atoms. The van der Waals surface area contributed by atoms with Crippen LogP contribution < -0.4 is 15.1 Å². The highest BCUT2D eigenvalue weighted by molar-refractivity contribution is 6.99. The van der Waals surface area contributed by atoms with E-state index < -0.39 is 8.32 Å². The Morgan fingerprint density at radius 2 is 1.46 bits per heavy atom. The molecule has 3 aromatic rings. The monoisotopic (exact) mass is 490 g/mol. The highest BCUT2D eigenvalue weighted by Crippen LogP contribution is 2.37. The van der Waals surface area contributed by atoms with E-state index in [-0.39, 0.29) is 11.1 Å². The van der Waals surface area contributed by atoms with Gasteiger partial charge in [0.05, 0.1) is 32.5 Å². The second-order valence-corrected chi connectivity index (χ2v) is 14.6. The van der Waals surface area contributed by atoms with Crippen LogP contribution in [0.25, 0.3) is 0 Å². The first kappa shape index (κ1) is 25.6. The van der Waals surface area contributed by atoms with Crippen LogP contribution in [0, 0.1) is 0 Å². The normalized spacial score (nSPS) is 16.6. The summed E-state index contributed by atoms with van der Waals surface area (Å²) >= 11 is 0. The average molecular weight is 491 g/mol. The van der Waals surface area contributed by atoms with E-state index in [1.54, 1.807) is 7.11 Å². The Kier molecular flexibility index (Phi) is 8.45. The van der Waals surface area contributed by atoms with E-state index in [9.17, 15) is 0 Å². The second-order valence-electron chi connectivity index (χ2n) is 10.3. The first-order valence-electron chi connectivity index (χ1n) is 12.5. The van der Waals surface area contributed by atoms with E-state index in [1.807, 2.05) is 12.1 Å². The standard InChI is InChI=1S/C30H38O4Si/c1-30(2,3)35(28-11-7-5-8-12-28,29-13-9-6-10-14-29)34-20-19-26(21-27-23-33-27)32-22-24-15-17-25(31-4)18-16-24/h5-18,26-27H,19-23H2,1-4H3/t26-,27-/m0/s1. The molecule has 4 nitrogen and oxygen atoms in total. The highest BCUT2D eigenvalue weighted by atomic mass is 28.4. The molecule has 1 heterocycles. The third-order valence-corrected chi connectivity index (χ3v) is 11.8. The molecular formula is C30H38O4Si. The number of rotatable bonds is 12. The van der Waals surface area contributed by atoms with Crippen LogP contribution in [0.4, 0.5) is 0 Å². The lowest BCUT2D eigenvalue weighted by atomic mass is 10.1. The van der Waals surface area contributed by atoms with Gasteiger partial charge in [0.2, 0.25) is 0 Å². The first-order valence-corrected chi connectivity index (χ1v) is 14.4. The summed E-state index contributed by atoms with van der Waals surface area (Å²) in [6, 6.07) is 29.7. The summed E-state index contributed by atoms with van der Waals surface area (Å²) in [5.74, 6) is 0.857. The quantitative estimate of drug-likeness (QED) is 0.254. The number of hydrogen-bond donors (Lipinski definition) is 0. The predicted octanol–water partition coefficient (Wildman–Crippen LogP) is 5.34. The number of benzene rings is 3. The van der Waals surface area contributed by atoms with Gasteiger partial charge in [-0.3, -0.25) is 0 Å². The average Bonchev–Trinajstić information content (AvgIpc) is 3.70. The molecule has 35 heavy (non-hydrogen) atoms. The molecule has 0 radical (unpaired) electrons. The maximum Gasteiger partial charge on any atom is 0.261 e. The van der Waals surface area contributed by atoms with E-state index in [0.717, 1.165) is 30.8 Å². The molecule has 0 aromatic heterocycles. The molecule has 1 aliphatic rings. The largest absolute Gasteiger partial charge is 0.497 e. The van der Waals surface area contributed by atoms with Crippen molar-refractivity contribution in [3.8, 4) is 5.75 Å². The van der Waals surface area contributed by atoms with Crippen molar-refractivity contribution in [2.75, 3.05) is 20.3 Å². The minimum Gasteiger partial charge on any atom is -0.497 e. The van der Waals surface area contributed by atoms with Gasteiger partial charge in [-0.05, 0) is 39.5 Å². The molecule has 3 aromatic carbocycles. The summed E-state index contributed by atoms with van der Waals surface area (Å²) in [5, 5.41) is 2.58. The maximum atomic E-state index is 7.08. The Balaban J connectivity index is 1.50. The van der Waals surface area contributed by atoms with E-state index >= 15 is 0 Å². The number of hydrogen-bond acceptors (Lipinski definition) is 4. The van der Waals surface area contributed by atoms with Gasteiger partial charge in [-0.2, -0.15) is 0 Å². The van der Waals surface area contributed by atoms with Crippen molar-refractivity contribution < 1.29 is 18.6 Å². The molecule has 1 aliphatic heterocycles. The van der Waals surface area contributed by atoms with E-state index in [2.05, 4.69) is 93.6 Å². The molecule has 0 aliphatic carbocycles. The fourth-order valence-corrected chi connectivity index (χ4v) is 9.39. The third-order valence-electron chi connectivity index (χ3n) is 6.75. The molecule has 1 fully saturated rings. The Hall–Kier alpha value is -2.44. The topological polar surface area (TPSA) is 40.2 Å². The van der Waals surface area contributed by atoms with Crippen LogP contribution in [-0.2, 0) is 20.5 Å². The van der Waals surface area contributed by atoms with Crippen LogP contribution in [0.15, 0.2) is 84.9 Å². The van der Waals surface area contributed by atoms with Gasteiger partial charge in [-0.25, -0.2) is 0 Å². The van der Waals surface area contributed by atoms with Gasteiger partial charge in [0.15, 0.2) is 0 Å². The van der Waals surface area contributed by atoms with E-state index in [4.69, 9.17) is 18.6 Å². The SMILES string of the molecule is COc1ccc(CO[C@@H](CCO[Si](c2ccccc2)(c2ccccc2)C(C)(C)C)C[C@H]2CO2)cc1. The van der Waals surface area contributed by atoms with Crippen molar-refractivity contribution in [3.63, 3.8) is 0 Å². The van der Waals surface area contributed by atoms with Gasteiger partial charge >= 0.3 is 0 Å². The van der Waals surface area contributed by atoms with E-state index in [1.165, 1.54) is 10.4 Å². The Bertz CT molecular complexity index is 988. The molecule has 186 valence electrons. The fourth-order valence-electron chi connectivity index (χ4n) is 4.81. The zero-order valence-corrected chi connectivity index (χ0v) is 22.4. The summed E-state index contributed by atoms with van der Waals surface area (Å²) in [4.78, 5) is 0. The van der Waals surface area contributed by atoms with Crippen molar-refractivity contribution in [2.45, 2.75) is 57.5 Å². The summed E-state index contributed by atoms with van der Waals surface area (Å²) in [5.41, 5.74) is 1.14. The summed E-state index contributed by atoms with van der Waals surface area (Å²) in [6.45, 7) is 8.99. The summed E-state index contributed by atoms with van der Waals surface area (Å²) in [6.07, 6.45) is 2.13. The lowest BCUT2D eigenvalue weighted by Gasteiger charge is -2.43. The molecule has 0 bridgehead atoms. The summed E-state index contributed by atoms with van der Waals surface area (Å²) < 4.78 is 24.3. The number of methoxy groups -OCH3 is 1. The zero-order valence-electron chi connectivity index (χ0n) is 21.4. The number of ether oxygens (including phenoxy) is 3. The Morgan fingerprint density at radius 3 is 1.94 bits per heavy atom. The molecule has 0 N–H and O–H groups in total. The lowest BCUT2D eigenvalue weighted by Crippen LogP contribution is -2.66. The van der Waals surface area contributed by atoms with Crippen LogP contribution in [0.5, 0.6) is 5.75 Å². The van der Waals surface area contributed by atoms with Crippen LogP contribution in [0.3, 0.4) is 0 Å². The van der Waals surface area contributed by atoms with Crippen molar-refractivity contribution in [3.05, 3.63) is 90.5 Å². The van der Waals surface area contributed by atoms with Gasteiger partial charge in [0.1, 0.15) is 5.75 Å². The third kappa shape index (κ3) is 6.41. The molecule has 0 amide bonds. The maximum absolute atomic E-state index is 7.08. The van der Waals surface area contributed by atoms with Gasteiger partial charge in [-0.1, -0.05) is 93.6 Å². The lowest BCUT2D eigenvalue weighted by molar-refractivity contribution is 0.0160. The van der Waals surface area contributed by atoms with Crippen molar-refractivity contribution in [1.82, 2.24) is 0 Å². The van der Waals surface area contributed by atoms with Crippen LogP contribution in [-0.4, -0.2) is 40.8 Å². The molecular weight excluding hydrogens is 452 g/mol. The first-order chi connectivity index (χ1) is 16.9. The number of epoxide rings is 1. The van der Waals surface area contributed by atoms with Gasteiger partial charge < -0.3 is 18.6 Å². The van der Waals surface area contributed by atoms with Gasteiger partial charge in [-0.15, -0.1) is 0 Å². The molecule has 1 saturated heterocycles. The van der Waals surface area contributed by atoms with Crippen molar-refractivity contribution >= 4 is 18.7 Å². The molecule has 2 atom stereocenters. The molecule has 0 saturated carbocycles. The molecule has 4 rings (SSSR count). The van der Waals surface area contributed by atoms with Gasteiger partial charge in [0, 0.05) is 13.0 Å². The van der Waals surface area contributed by atoms with Gasteiger partial charge in [0.25, 0.3) is 8.32 Å². The van der Waals surface area contributed by atoms with Crippen LogP contribution in [0.1, 0.15) is 39.2 Å². The smallest absolute Gasteiger partial charge is 0.261 e. The minimum absolute atomic E-state index is 0.0330. The van der Waals surface area contributed by atoms with Crippen LogP contribution in [0.2, 0.25) is 5.04 Å². The van der Waals surface area contributed by atoms with E-state index in [0.29, 0.717) is 19.3 Å². The Labute approximate surface area is 211 Å². The fraction of sp³-hybridized carbons (Fsp3) is 0.400.